The molecule has 1 amide bonds. The van der Waals surface area contributed by atoms with Crippen LogP contribution in [0, 0.1) is 0 Å². The van der Waals surface area contributed by atoms with Gasteiger partial charge in [0.15, 0.2) is 0 Å². The molecule has 134 valence electrons. The van der Waals surface area contributed by atoms with Gasteiger partial charge >= 0.3 is 0 Å². The third kappa shape index (κ3) is 4.90. The number of carbonyl (C=O) groups excluding carboxylic acids is 1. The summed E-state index contributed by atoms with van der Waals surface area (Å²) in [5, 5.41) is 5.37. The summed E-state index contributed by atoms with van der Waals surface area (Å²) < 4.78 is 24.6. The first-order chi connectivity index (χ1) is 12.5. The first-order valence-electron chi connectivity index (χ1n) is 7.68. The monoisotopic (exact) mass is 409 g/mol. The highest BCUT2D eigenvalue weighted by Gasteiger charge is 2.09. The Labute approximate surface area is 163 Å². The van der Waals surface area contributed by atoms with E-state index in [1.807, 2.05) is 36.4 Å². The van der Waals surface area contributed by atoms with E-state index in [0.717, 1.165) is 15.7 Å². The molecule has 26 heavy (non-hydrogen) atoms. The third-order valence-corrected chi connectivity index (χ3v) is 5.63. The molecule has 0 aromatic heterocycles. The minimum atomic E-state index is -2.46. The number of rotatable bonds is 6. The van der Waals surface area contributed by atoms with E-state index >= 15 is 0 Å². The number of hydrogen-bond acceptors (Lipinski definition) is 3. The number of amides is 1. The van der Waals surface area contributed by atoms with Crippen LogP contribution < -0.4 is 5.32 Å². The molecule has 0 heterocycles. The van der Waals surface area contributed by atoms with Gasteiger partial charge in [-0.1, -0.05) is 47.6 Å². The molecule has 0 fully saturated rings. The van der Waals surface area contributed by atoms with Gasteiger partial charge in [-0.25, -0.2) is 0 Å². The van der Waals surface area contributed by atoms with E-state index in [1.54, 1.807) is 24.3 Å². The van der Waals surface area contributed by atoms with Gasteiger partial charge in [0.05, 0.1) is 5.75 Å². The standard InChI is InChI=1S/C19H14ClF2NOS2/c20-15-5-1-3-12-4-2-6-16(18(12)15)25-11-17(24)23-13-7-9-14(10-8-13)26-19(21)22/h1-10,19H,11H2,(H,23,24). The highest BCUT2D eigenvalue weighted by Crippen LogP contribution is 2.33. The van der Waals surface area contributed by atoms with Crippen molar-refractivity contribution in [3.8, 4) is 0 Å². The average Bonchev–Trinajstić information content (AvgIpc) is 2.61. The largest absolute Gasteiger partial charge is 0.325 e. The Hall–Kier alpha value is -1.76. The average molecular weight is 410 g/mol. The van der Waals surface area contributed by atoms with Crippen LogP contribution in [0.3, 0.4) is 0 Å². The summed E-state index contributed by atoms with van der Waals surface area (Å²) in [6.45, 7) is 0. The number of benzene rings is 3. The summed E-state index contributed by atoms with van der Waals surface area (Å²) >= 11 is 8.17. The second-order valence-corrected chi connectivity index (χ2v) is 7.82. The Kier molecular flexibility index (Phi) is 6.40. The number of nitrogens with one attached hydrogen (secondary N) is 1. The number of anilines is 1. The van der Waals surface area contributed by atoms with Crippen molar-refractivity contribution in [1.29, 1.82) is 0 Å². The maximum absolute atomic E-state index is 12.3. The Balaban J connectivity index is 1.63. The molecule has 0 saturated heterocycles. The van der Waals surface area contributed by atoms with Gasteiger partial charge in [-0.2, -0.15) is 8.78 Å². The molecular weight excluding hydrogens is 396 g/mol. The lowest BCUT2D eigenvalue weighted by Crippen LogP contribution is -2.13. The first kappa shape index (κ1) is 19.0. The van der Waals surface area contributed by atoms with Crippen molar-refractivity contribution in [3.63, 3.8) is 0 Å². The zero-order chi connectivity index (χ0) is 18.5. The molecule has 7 heteroatoms. The molecule has 3 aromatic rings. The number of fused-ring (bicyclic) bond motifs is 1. The fraction of sp³-hybridized carbons (Fsp3) is 0.105. The maximum Gasteiger partial charge on any atom is 0.288 e. The Morgan fingerprint density at radius 1 is 1.04 bits per heavy atom. The summed E-state index contributed by atoms with van der Waals surface area (Å²) in [6.07, 6.45) is 0. The smallest absolute Gasteiger partial charge is 0.288 e. The van der Waals surface area contributed by atoms with Gasteiger partial charge in [0.1, 0.15) is 0 Å². The van der Waals surface area contributed by atoms with Crippen molar-refractivity contribution in [2.24, 2.45) is 0 Å². The van der Waals surface area contributed by atoms with Crippen LogP contribution in [0.4, 0.5) is 14.5 Å². The number of carbonyl (C=O) groups is 1. The molecule has 0 atom stereocenters. The molecule has 0 aliphatic carbocycles. The summed E-state index contributed by atoms with van der Waals surface area (Å²) in [7, 11) is 0. The molecular formula is C19H14ClF2NOS2. The lowest BCUT2D eigenvalue weighted by Gasteiger charge is -2.09. The van der Waals surface area contributed by atoms with Gasteiger partial charge < -0.3 is 5.32 Å². The minimum absolute atomic E-state index is 0.173. The summed E-state index contributed by atoms with van der Waals surface area (Å²) in [6, 6.07) is 17.9. The molecule has 2 nitrogen and oxygen atoms in total. The fourth-order valence-corrected chi connectivity index (χ4v) is 4.19. The zero-order valence-corrected chi connectivity index (χ0v) is 15.8. The van der Waals surface area contributed by atoms with Crippen molar-refractivity contribution in [2.45, 2.75) is 15.5 Å². The molecule has 0 radical (unpaired) electrons. The highest BCUT2D eigenvalue weighted by molar-refractivity contribution is 8.00. The second-order valence-electron chi connectivity index (χ2n) is 5.33. The quantitative estimate of drug-likeness (QED) is 0.469. The molecule has 1 N–H and O–H groups in total. The van der Waals surface area contributed by atoms with E-state index < -0.39 is 5.76 Å². The molecule has 3 aromatic carbocycles. The van der Waals surface area contributed by atoms with Crippen molar-refractivity contribution in [1.82, 2.24) is 0 Å². The van der Waals surface area contributed by atoms with E-state index in [-0.39, 0.29) is 11.7 Å². The van der Waals surface area contributed by atoms with Gasteiger partial charge in [-0.3, -0.25) is 4.79 Å². The molecule has 0 saturated carbocycles. The van der Waals surface area contributed by atoms with E-state index in [1.165, 1.54) is 11.8 Å². The van der Waals surface area contributed by atoms with Crippen molar-refractivity contribution in [3.05, 3.63) is 65.7 Å². The van der Waals surface area contributed by atoms with Crippen LogP contribution in [0.1, 0.15) is 0 Å². The molecule has 0 unspecified atom stereocenters. The fourth-order valence-electron chi connectivity index (χ4n) is 2.44. The predicted molar refractivity (Wildman–Crippen MR) is 107 cm³/mol. The van der Waals surface area contributed by atoms with Crippen LogP contribution in [0.25, 0.3) is 10.8 Å². The Morgan fingerprint density at radius 3 is 2.42 bits per heavy atom. The normalized spacial score (nSPS) is 11.1. The van der Waals surface area contributed by atoms with E-state index in [0.29, 0.717) is 27.4 Å². The van der Waals surface area contributed by atoms with Crippen LogP contribution in [0.2, 0.25) is 5.02 Å². The summed E-state index contributed by atoms with van der Waals surface area (Å²) in [5.41, 5.74) is 0.574. The zero-order valence-electron chi connectivity index (χ0n) is 13.4. The second kappa shape index (κ2) is 8.75. The number of halogens is 3. The van der Waals surface area contributed by atoms with E-state index in [4.69, 9.17) is 11.6 Å². The number of thioether (sulfide) groups is 2. The topological polar surface area (TPSA) is 29.1 Å². The molecule has 0 spiro atoms. The molecule has 0 bridgehead atoms. The molecule has 0 aliphatic rings. The van der Waals surface area contributed by atoms with Crippen LogP contribution in [-0.4, -0.2) is 17.4 Å². The lowest BCUT2D eigenvalue weighted by molar-refractivity contribution is -0.113. The van der Waals surface area contributed by atoms with Crippen molar-refractivity contribution < 1.29 is 13.6 Å². The third-order valence-electron chi connectivity index (χ3n) is 3.54. The Bertz CT molecular complexity index is 914. The first-order valence-corrected chi connectivity index (χ1v) is 9.92. The SMILES string of the molecule is O=C(CSc1cccc2cccc(Cl)c12)Nc1ccc(SC(F)F)cc1. The van der Waals surface area contributed by atoms with Gasteiger partial charge in [-0.15, -0.1) is 11.8 Å². The maximum atomic E-state index is 12.3. The van der Waals surface area contributed by atoms with Crippen LogP contribution in [0.5, 0.6) is 0 Å². The van der Waals surface area contributed by atoms with Gasteiger partial charge in [0.2, 0.25) is 5.91 Å². The van der Waals surface area contributed by atoms with Gasteiger partial charge in [-0.05, 0) is 41.8 Å². The van der Waals surface area contributed by atoms with Crippen LogP contribution in [-0.2, 0) is 4.79 Å². The minimum Gasteiger partial charge on any atom is -0.325 e. The predicted octanol–water partition coefficient (Wildman–Crippen LogP) is 6.54. The van der Waals surface area contributed by atoms with E-state index in [9.17, 15) is 13.6 Å². The number of alkyl halides is 2. The Morgan fingerprint density at radius 2 is 1.73 bits per heavy atom. The molecule has 3 rings (SSSR count). The lowest BCUT2D eigenvalue weighted by atomic mass is 10.1. The van der Waals surface area contributed by atoms with Crippen molar-refractivity contribution >= 4 is 57.5 Å². The van der Waals surface area contributed by atoms with Gasteiger partial charge in [0, 0.05) is 25.9 Å². The van der Waals surface area contributed by atoms with Crippen LogP contribution >= 0.6 is 35.1 Å². The highest BCUT2D eigenvalue weighted by atomic mass is 35.5. The number of hydrogen-bond donors (Lipinski definition) is 1. The van der Waals surface area contributed by atoms with Gasteiger partial charge in [0.25, 0.3) is 5.76 Å². The van der Waals surface area contributed by atoms with Crippen molar-refractivity contribution in [2.75, 3.05) is 11.1 Å². The van der Waals surface area contributed by atoms with E-state index in [2.05, 4.69) is 5.32 Å². The summed E-state index contributed by atoms with van der Waals surface area (Å²) in [4.78, 5) is 13.6. The molecule has 0 aliphatic heterocycles. The summed E-state index contributed by atoms with van der Waals surface area (Å²) in [5.74, 6) is -2.41. The van der Waals surface area contributed by atoms with Crippen LogP contribution in [0.15, 0.2) is 70.5 Å².